The molecule has 0 saturated carbocycles. The average Bonchev–Trinajstić information content (AvgIpc) is 3.32. The maximum atomic E-state index is 13.0. The number of anilines is 1. The van der Waals surface area contributed by atoms with Gasteiger partial charge in [0.1, 0.15) is 10.6 Å². The first-order valence-electron chi connectivity index (χ1n) is 12.3. The molecule has 0 spiro atoms. The molecule has 5 rings (SSSR count). The van der Waals surface area contributed by atoms with Crippen molar-refractivity contribution in [1.29, 1.82) is 0 Å². The first kappa shape index (κ1) is 24.9. The number of nitrogens with zero attached hydrogens (tertiary/aromatic N) is 4. The molecular weight excluding hydrogens is 488 g/mol. The van der Waals surface area contributed by atoms with Gasteiger partial charge in [-0.3, -0.25) is 4.68 Å². The van der Waals surface area contributed by atoms with Crippen LogP contribution in [-0.4, -0.2) is 34.7 Å². The molecule has 1 aliphatic rings. The third-order valence-corrected chi connectivity index (χ3v) is 7.75. The fourth-order valence-corrected chi connectivity index (χ4v) is 5.54. The lowest BCUT2D eigenvalue weighted by Crippen LogP contribution is -2.26. The fourth-order valence-electron chi connectivity index (χ4n) is 4.61. The number of benzene rings is 2. The van der Waals surface area contributed by atoms with Crippen LogP contribution in [0.5, 0.6) is 11.6 Å². The zero-order valence-electron chi connectivity index (χ0n) is 21.1. The molecule has 3 heterocycles. The van der Waals surface area contributed by atoms with Crippen LogP contribution >= 0.6 is 0 Å². The predicted molar refractivity (Wildman–Crippen MR) is 142 cm³/mol. The maximum Gasteiger partial charge on any atom is 0.267 e. The number of ether oxygens (including phenoxy) is 1. The van der Waals surface area contributed by atoms with Crippen molar-refractivity contribution in [1.82, 2.24) is 25.1 Å². The van der Waals surface area contributed by atoms with Gasteiger partial charge in [-0.25, -0.2) is 18.1 Å². The third kappa shape index (κ3) is 5.65. The summed E-state index contributed by atoms with van der Waals surface area (Å²) in [6, 6.07) is 16.0. The number of hydrogen-bond donors (Lipinski definition) is 2. The number of hydrogen-bond acceptors (Lipinski definition) is 7. The SMILES string of the molecule is Cc1cccc(C)c1-c1cc(Oc2ccc(C3CCCCN3)cc2)nc(NS(=O)(=O)c2cnn(C)c2)n1. The number of aryl methyl sites for hydroxylation is 3. The van der Waals surface area contributed by atoms with Gasteiger partial charge in [-0.05, 0) is 62.1 Å². The monoisotopic (exact) mass is 518 g/mol. The molecule has 2 aromatic heterocycles. The zero-order valence-corrected chi connectivity index (χ0v) is 21.9. The lowest BCUT2D eigenvalue weighted by Gasteiger charge is -2.23. The minimum atomic E-state index is -3.94. The first-order valence-corrected chi connectivity index (χ1v) is 13.8. The quantitative estimate of drug-likeness (QED) is 0.358. The number of piperidine rings is 1. The summed E-state index contributed by atoms with van der Waals surface area (Å²) in [5, 5.41) is 7.51. The highest BCUT2D eigenvalue weighted by Gasteiger charge is 2.20. The van der Waals surface area contributed by atoms with E-state index in [1.54, 1.807) is 13.1 Å². The van der Waals surface area contributed by atoms with Gasteiger partial charge in [0, 0.05) is 30.9 Å². The average molecular weight is 519 g/mol. The largest absolute Gasteiger partial charge is 0.439 e. The van der Waals surface area contributed by atoms with Crippen molar-refractivity contribution in [3.05, 3.63) is 77.6 Å². The highest BCUT2D eigenvalue weighted by atomic mass is 32.2. The van der Waals surface area contributed by atoms with Gasteiger partial charge in [0.05, 0.1) is 11.9 Å². The number of nitrogens with one attached hydrogen (secondary N) is 2. The molecule has 1 unspecified atom stereocenters. The number of aromatic nitrogens is 4. The van der Waals surface area contributed by atoms with Crippen LogP contribution in [0.15, 0.2) is 65.8 Å². The minimum absolute atomic E-state index is 0.0189. The van der Waals surface area contributed by atoms with E-state index < -0.39 is 10.0 Å². The lowest BCUT2D eigenvalue weighted by atomic mass is 9.98. The Morgan fingerprint density at radius 3 is 2.46 bits per heavy atom. The van der Waals surface area contributed by atoms with Crippen molar-refractivity contribution < 1.29 is 13.2 Å². The molecule has 0 amide bonds. The molecule has 1 fully saturated rings. The molecule has 10 heteroatoms. The van der Waals surface area contributed by atoms with E-state index in [2.05, 4.69) is 37.2 Å². The smallest absolute Gasteiger partial charge is 0.267 e. The Balaban J connectivity index is 1.49. The van der Waals surface area contributed by atoms with Crippen LogP contribution < -0.4 is 14.8 Å². The van der Waals surface area contributed by atoms with E-state index in [0.29, 0.717) is 17.5 Å². The molecule has 2 N–H and O–H groups in total. The third-order valence-electron chi connectivity index (χ3n) is 6.47. The van der Waals surface area contributed by atoms with Crippen LogP contribution in [-0.2, 0) is 17.1 Å². The van der Waals surface area contributed by atoms with Crippen LogP contribution in [0, 0.1) is 13.8 Å². The molecule has 0 aliphatic carbocycles. The molecular formula is C27H30N6O3S. The van der Waals surface area contributed by atoms with Gasteiger partial charge in [-0.1, -0.05) is 36.8 Å². The molecule has 9 nitrogen and oxygen atoms in total. The highest BCUT2D eigenvalue weighted by molar-refractivity contribution is 7.92. The van der Waals surface area contributed by atoms with Crippen LogP contribution in [0.25, 0.3) is 11.3 Å². The van der Waals surface area contributed by atoms with Crippen LogP contribution in [0.1, 0.15) is 42.0 Å². The Morgan fingerprint density at radius 2 is 1.81 bits per heavy atom. The van der Waals surface area contributed by atoms with E-state index >= 15 is 0 Å². The van der Waals surface area contributed by atoms with E-state index in [1.165, 1.54) is 35.5 Å². The Labute approximate surface area is 217 Å². The highest BCUT2D eigenvalue weighted by Crippen LogP contribution is 2.32. The summed E-state index contributed by atoms with van der Waals surface area (Å²) in [6.07, 6.45) is 6.23. The molecule has 4 aromatic rings. The molecule has 1 aliphatic heterocycles. The van der Waals surface area contributed by atoms with Crippen molar-refractivity contribution in [3.8, 4) is 22.9 Å². The molecule has 0 radical (unpaired) electrons. The molecule has 1 saturated heterocycles. The van der Waals surface area contributed by atoms with Gasteiger partial charge in [-0.2, -0.15) is 10.1 Å². The zero-order chi connectivity index (χ0) is 26.0. The van der Waals surface area contributed by atoms with E-state index in [1.807, 2.05) is 44.2 Å². The van der Waals surface area contributed by atoms with Gasteiger partial charge in [0.15, 0.2) is 0 Å². The van der Waals surface area contributed by atoms with Crippen molar-refractivity contribution in [2.45, 2.75) is 44.0 Å². The maximum absolute atomic E-state index is 13.0. The second-order valence-electron chi connectivity index (χ2n) is 9.31. The summed E-state index contributed by atoms with van der Waals surface area (Å²) < 4.78 is 35.9. The molecule has 1 atom stereocenters. The molecule has 2 aromatic carbocycles. The van der Waals surface area contributed by atoms with Crippen LogP contribution in [0.4, 0.5) is 5.95 Å². The molecule has 0 bridgehead atoms. The Kier molecular flexibility index (Phi) is 6.94. The fraction of sp³-hybridized carbons (Fsp3) is 0.296. The Bertz CT molecular complexity index is 1490. The molecule has 37 heavy (non-hydrogen) atoms. The van der Waals surface area contributed by atoms with Gasteiger partial charge in [-0.15, -0.1) is 0 Å². The van der Waals surface area contributed by atoms with Crippen molar-refractivity contribution in [3.63, 3.8) is 0 Å². The summed E-state index contributed by atoms with van der Waals surface area (Å²) >= 11 is 0. The van der Waals surface area contributed by atoms with Crippen molar-refractivity contribution in [2.75, 3.05) is 11.3 Å². The predicted octanol–water partition coefficient (Wildman–Crippen LogP) is 4.90. The van der Waals surface area contributed by atoms with Crippen molar-refractivity contribution in [2.24, 2.45) is 7.05 Å². The van der Waals surface area contributed by atoms with Gasteiger partial charge >= 0.3 is 0 Å². The summed E-state index contributed by atoms with van der Waals surface area (Å²) in [5.74, 6) is 0.758. The van der Waals surface area contributed by atoms with Gasteiger partial charge in [0.25, 0.3) is 10.0 Å². The topological polar surface area (TPSA) is 111 Å². The molecule has 192 valence electrons. The number of sulfonamides is 1. The van der Waals surface area contributed by atoms with E-state index in [0.717, 1.165) is 29.7 Å². The van der Waals surface area contributed by atoms with Gasteiger partial charge < -0.3 is 10.1 Å². The summed E-state index contributed by atoms with van der Waals surface area (Å²) in [7, 11) is -2.29. The van der Waals surface area contributed by atoms with Gasteiger partial charge in [0.2, 0.25) is 11.8 Å². The summed E-state index contributed by atoms with van der Waals surface area (Å²) in [5.41, 5.74) is 4.70. The number of rotatable bonds is 7. The minimum Gasteiger partial charge on any atom is -0.439 e. The van der Waals surface area contributed by atoms with Crippen LogP contribution in [0.2, 0.25) is 0 Å². The van der Waals surface area contributed by atoms with E-state index in [9.17, 15) is 8.42 Å². The second-order valence-corrected chi connectivity index (χ2v) is 11.0. The Hall–Kier alpha value is -3.76. The Morgan fingerprint density at radius 1 is 1.05 bits per heavy atom. The standard InChI is InChI=1S/C27H30N6O3S/c1-18-7-6-8-19(2)26(18)24-15-25(31-27(30-24)32-37(34,35)22-16-29-33(3)17-22)36-21-12-10-20(11-13-21)23-9-4-5-14-28-23/h6-8,10-13,15-17,23,28H,4-5,9,14H2,1-3H3,(H,30,31,32). The second kappa shape index (κ2) is 10.3. The summed E-state index contributed by atoms with van der Waals surface area (Å²) in [4.78, 5) is 8.94. The van der Waals surface area contributed by atoms with E-state index in [4.69, 9.17) is 4.74 Å². The van der Waals surface area contributed by atoms with Crippen molar-refractivity contribution >= 4 is 16.0 Å². The lowest BCUT2D eigenvalue weighted by molar-refractivity contribution is 0.411. The summed E-state index contributed by atoms with van der Waals surface area (Å²) in [6.45, 7) is 5.01. The normalized spacial score (nSPS) is 15.9. The van der Waals surface area contributed by atoms with E-state index in [-0.39, 0.29) is 16.7 Å². The first-order chi connectivity index (χ1) is 17.8. The van der Waals surface area contributed by atoms with Crippen LogP contribution in [0.3, 0.4) is 0 Å².